The molecule has 0 aliphatic carbocycles. The first-order valence-electron chi connectivity index (χ1n) is 9.99. The number of nitrogens with one attached hydrogen (secondary N) is 1. The Balaban J connectivity index is 2.32. The number of likely N-dealkylation sites (tertiary alicyclic amines) is 1. The zero-order chi connectivity index (χ0) is 24.1. The molecule has 32 heavy (non-hydrogen) atoms. The van der Waals surface area contributed by atoms with Gasteiger partial charge >= 0.3 is 18.2 Å². The monoisotopic (exact) mass is 462 g/mol. The van der Waals surface area contributed by atoms with Gasteiger partial charge in [0.2, 0.25) is 5.91 Å². The van der Waals surface area contributed by atoms with E-state index in [1.54, 1.807) is 20.8 Å². The molecule has 0 aromatic heterocycles. The number of amides is 2. The predicted molar refractivity (Wildman–Crippen MR) is 104 cm³/mol. The summed E-state index contributed by atoms with van der Waals surface area (Å²) in [6, 6.07) is 1.70. The van der Waals surface area contributed by atoms with Crippen LogP contribution >= 0.6 is 0 Å². The molecule has 176 valence electrons. The first-order valence-corrected chi connectivity index (χ1v) is 9.99. The molecule has 6 nitrogen and oxygen atoms in total. The maximum Gasteiger partial charge on any atom is 0.458 e. The standard InChI is InChI=1S/C21H23F5N2O4/c1-5-31-18(30)27-17-16(28-10-6-7-14(28)29)15-11(2)12(20(22,23)21(24,25)26)8-9-13(15)32-19(17,3)4/h8-9H,5-7,10H2,1-4H3,(H,27,30). The van der Waals surface area contributed by atoms with Gasteiger partial charge in [-0.3, -0.25) is 10.1 Å². The van der Waals surface area contributed by atoms with E-state index in [-0.39, 0.29) is 48.2 Å². The average Bonchev–Trinajstić information content (AvgIpc) is 3.07. The van der Waals surface area contributed by atoms with Crippen LogP contribution in [0.25, 0.3) is 5.70 Å². The van der Waals surface area contributed by atoms with Gasteiger partial charge in [0, 0.05) is 24.1 Å². The van der Waals surface area contributed by atoms with Crippen LogP contribution in [0.3, 0.4) is 0 Å². The molecular weight excluding hydrogens is 439 g/mol. The minimum absolute atomic E-state index is 0.0262. The summed E-state index contributed by atoms with van der Waals surface area (Å²) in [5, 5.41) is 2.50. The molecule has 0 atom stereocenters. The van der Waals surface area contributed by atoms with E-state index >= 15 is 0 Å². The van der Waals surface area contributed by atoms with E-state index in [9.17, 15) is 31.5 Å². The summed E-state index contributed by atoms with van der Waals surface area (Å²) >= 11 is 0. The first kappa shape index (κ1) is 23.8. The van der Waals surface area contributed by atoms with Gasteiger partial charge in [-0.05, 0) is 51.8 Å². The Kier molecular flexibility index (Phi) is 5.90. The molecule has 2 heterocycles. The summed E-state index contributed by atoms with van der Waals surface area (Å²) in [4.78, 5) is 26.1. The Morgan fingerprint density at radius 1 is 1.25 bits per heavy atom. The second kappa shape index (κ2) is 7.93. The second-order valence-electron chi connectivity index (χ2n) is 8.01. The Morgan fingerprint density at radius 2 is 1.91 bits per heavy atom. The Hall–Kier alpha value is -2.85. The number of carbonyl (C=O) groups excluding carboxylic acids is 2. The van der Waals surface area contributed by atoms with E-state index in [1.165, 1.54) is 4.90 Å². The number of hydrogen-bond donors (Lipinski definition) is 1. The number of halogens is 5. The molecule has 2 aliphatic heterocycles. The highest BCUT2D eigenvalue weighted by atomic mass is 19.4. The van der Waals surface area contributed by atoms with Crippen LogP contribution in [0.2, 0.25) is 0 Å². The summed E-state index contributed by atoms with van der Waals surface area (Å²) in [7, 11) is 0. The normalized spacial score (nSPS) is 18.4. The van der Waals surface area contributed by atoms with Crippen LogP contribution in [0, 0.1) is 6.92 Å². The van der Waals surface area contributed by atoms with Crippen molar-refractivity contribution in [2.75, 3.05) is 13.2 Å². The zero-order valence-electron chi connectivity index (χ0n) is 18.0. The van der Waals surface area contributed by atoms with Gasteiger partial charge in [0.1, 0.15) is 11.4 Å². The van der Waals surface area contributed by atoms with Crippen LogP contribution in [-0.4, -0.2) is 41.8 Å². The lowest BCUT2D eigenvalue weighted by atomic mass is 9.88. The van der Waals surface area contributed by atoms with Crippen molar-refractivity contribution >= 4 is 17.7 Å². The minimum atomic E-state index is -5.82. The number of carbonyl (C=O) groups is 2. The quantitative estimate of drug-likeness (QED) is 0.650. The molecule has 3 rings (SSSR count). The number of nitrogens with zero attached hydrogens (tertiary/aromatic N) is 1. The average molecular weight is 462 g/mol. The summed E-state index contributed by atoms with van der Waals surface area (Å²) in [5.41, 5.74) is -2.95. The van der Waals surface area contributed by atoms with Gasteiger partial charge in [0.25, 0.3) is 0 Å². The van der Waals surface area contributed by atoms with Gasteiger partial charge < -0.3 is 14.4 Å². The van der Waals surface area contributed by atoms with Crippen LogP contribution in [0.5, 0.6) is 5.75 Å². The van der Waals surface area contributed by atoms with E-state index in [0.717, 1.165) is 13.0 Å². The highest BCUT2D eigenvalue weighted by Gasteiger charge is 2.60. The summed E-state index contributed by atoms with van der Waals surface area (Å²) in [5.74, 6) is -5.45. The molecule has 0 unspecified atom stereocenters. The third-order valence-electron chi connectivity index (χ3n) is 5.41. The molecule has 2 aliphatic rings. The van der Waals surface area contributed by atoms with Gasteiger partial charge in [-0.25, -0.2) is 4.79 Å². The molecule has 0 spiro atoms. The number of alkyl halides is 5. The van der Waals surface area contributed by atoms with Crippen molar-refractivity contribution in [2.24, 2.45) is 0 Å². The van der Waals surface area contributed by atoms with Crippen molar-refractivity contribution < 1.29 is 41.0 Å². The van der Waals surface area contributed by atoms with Gasteiger partial charge in [0.05, 0.1) is 18.0 Å². The van der Waals surface area contributed by atoms with Crippen molar-refractivity contribution in [3.05, 3.63) is 34.5 Å². The van der Waals surface area contributed by atoms with Crippen molar-refractivity contribution in [1.29, 1.82) is 0 Å². The van der Waals surface area contributed by atoms with Crippen LogP contribution < -0.4 is 10.1 Å². The van der Waals surface area contributed by atoms with Gasteiger partial charge in [-0.2, -0.15) is 22.0 Å². The lowest BCUT2D eigenvalue weighted by Crippen LogP contribution is -2.46. The Bertz CT molecular complexity index is 985. The van der Waals surface area contributed by atoms with Gasteiger partial charge in [-0.1, -0.05) is 0 Å². The van der Waals surface area contributed by atoms with E-state index in [2.05, 4.69) is 5.32 Å². The van der Waals surface area contributed by atoms with E-state index in [0.29, 0.717) is 12.5 Å². The van der Waals surface area contributed by atoms with Gasteiger partial charge in [0.15, 0.2) is 0 Å². The molecule has 1 fully saturated rings. The summed E-state index contributed by atoms with van der Waals surface area (Å²) < 4.78 is 78.7. The van der Waals surface area contributed by atoms with Crippen molar-refractivity contribution in [1.82, 2.24) is 10.2 Å². The van der Waals surface area contributed by atoms with E-state index in [1.807, 2.05) is 0 Å². The molecular formula is C21H23F5N2O4. The Labute approximate surface area is 181 Å². The molecule has 0 bridgehead atoms. The van der Waals surface area contributed by atoms with Crippen LogP contribution in [0.1, 0.15) is 50.3 Å². The Morgan fingerprint density at radius 3 is 2.44 bits per heavy atom. The fraction of sp³-hybridized carbons (Fsp3) is 0.524. The fourth-order valence-corrected chi connectivity index (χ4v) is 3.93. The first-order chi connectivity index (χ1) is 14.7. The van der Waals surface area contributed by atoms with Crippen LogP contribution in [0.15, 0.2) is 17.8 Å². The third kappa shape index (κ3) is 3.88. The van der Waals surface area contributed by atoms with Crippen molar-refractivity contribution in [2.45, 2.75) is 58.2 Å². The third-order valence-corrected chi connectivity index (χ3v) is 5.41. The second-order valence-corrected chi connectivity index (χ2v) is 8.01. The number of ether oxygens (including phenoxy) is 2. The highest BCUT2D eigenvalue weighted by molar-refractivity contribution is 5.93. The molecule has 1 aromatic carbocycles. The smallest absolute Gasteiger partial charge is 0.458 e. The molecule has 2 amide bonds. The predicted octanol–water partition coefficient (Wildman–Crippen LogP) is 4.86. The number of hydrogen-bond acceptors (Lipinski definition) is 4. The maximum atomic E-state index is 14.3. The summed E-state index contributed by atoms with van der Waals surface area (Å²) in [6.07, 6.45) is -6.06. The van der Waals surface area contributed by atoms with E-state index < -0.39 is 34.9 Å². The molecule has 1 N–H and O–H groups in total. The van der Waals surface area contributed by atoms with Crippen molar-refractivity contribution in [3.8, 4) is 5.75 Å². The van der Waals surface area contributed by atoms with Crippen molar-refractivity contribution in [3.63, 3.8) is 0 Å². The largest absolute Gasteiger partial charge is 0.481 e. The number of benzene rings is 1. The lowest BCUT2D eigenvalue weighted by Gasteiger charge is -2.40. The number of fused-ring (bicyclic) bond motifs is 1. The zero-order valence-corrected chi connectivity index (χ0v) is 18.0. The lowest BCUT2D eigenvalue weighted by molar-refractivity contribution is -0.289. The minimum Gasteiger partial charge on any atom is -0.481 e. The van der Waals surface area contributed by atoms with Crippen LogP contribution in [-0.2, 0) is 15.5 Å². The molecule has 1 saturated heterocycles. The van der Waals surface area contributed by atoms with E-state index in [4.69, 9.17) is 9.47 Å². The fourth-order valence-electron chi connectivity index (χ4n) is 3.93. The maximum absolute atomic E-state index is 14.3. The topological polar surface area (TPSA) is 67.9 Å². The van der Waals surface area contributed by atoms with Gasteiger partial charge in [-0.15, -0.1) is 0 Å². The SMILES string of the molecule is CCOC(=O)NC1=C(N2CCCC2=O)c2c(ccc(C(F)(F)C(F)(F)F)c2C)OC1(C)C. The number of rotatable bonds is 4. The highest BCUT2D eigenvalue weighted by Crippen LogP contribution is 2.50. The number of alkyl carbamates (subject to hydrolysis) is 1. The molecule has 0 saturated carbocycles. The summed E-state index contributed by atoms with van der Waals surface area (Å²) in [6.45, 7) is 6.08. The molecule has 0 radical (unpaired) electrons. The molecule has 1 aromatic rings. The van der Waals surface area contributed by atoms with Crippen LogP contribution in [0.4, 0.5) is 26.7 Å². The molecule has 11 heteroatoms.